The third-order valence-electron chi connectivity index (χ3n) is 3.76. The van der Waals surface area contributed by atoms with E-state index in [4.69, 9.17) is 4.74 Å². The van der Waals surface area contributed by atoms with Gasteiger partial charge in [0.1, 0.15) is 0 Å². The quantitative estimate of drug-likeness (QED) is 0.611. The molecule has 1 aliphatic rings. The van der Waals surface area contributed by atoms with Crippen molar-refractivity contribution in [3.05, 3.63) is 47.5 Å². The van der Waals surface area contributed by atoms with Crippen molar-refractivity contribution in [1.82, 2.24) is 0 Å². The molecule has 0 saturated heterocycles. The molecule has 1 saturated carbocycles. The Hall–Kier alpha value is -1.90. The molecular weight excluding hydrogens is 252 g/mol. The first kappa shape index (κ1) is 14.5. The largest absolute Gasteiger partial charge is 0.469 e. The number of hydrogen-bond donors (Lipinski definition) is 0. The van der Waals surface area contributed by atoms with Crippen molar-refractivity contribution in [3.8, 4) is 0 Å². The Morgan fingerprint density at radius 3 is 2.80 bits per heavy atom. The number of methoxy groups -OCH3 is 1. The molecule has 3 nitrogen and oxygen atoms in total. The number of ether oxygens (including phenoxy) is 1. The average molecular weight is 272 g/mol. The third kappa shape index (κ3) is 3.80. The summed E-state index contributed by atoms with van der Waals surface area (Å²) in [4.78, 5) is 23.2. The number of allylic oxidation sites excluding steroid dienone is 2. The molecule has 0 spiro atoms. The first-order valence-electron chi connectivity index (χ1n) is 7.04. The zero-order valence-corrected chi connectivity index (χ0v) is 11.8. The SMILES string of the molecule is COC(=O)CC1CCC(=O)/C1=C\CCc1ccccc1. The van der Waals surface area contributed by atoms with E-state index >= 15 is 0 Å². The number of hydrogen-bond acceptors (Lipinski definition) is 3. The van der Waals surface area contributed by atoms with Gasteiger partial charge in [0.05, 0.1) is 13.5 Å². The van der Waals surface area contributed by atoms with Crippen molar-refractivity contribution < 1.29 is 14.3 Å². The highest BCUT2D eigenvalue weighted by atomic mass is 16.5. The van der Waals surface area contributed by atoms with Gasteiger partial charge >= 0.3 is 5.97 Å². The average Bonchev–Trinajstić information content (AvgIpc) is 2.81. The van der Waals surface area contributed by atoms with Crippen LogP contribution < -0.4 is 0 Å². The van der Waals surface area contributed by atoms with Crippen LogP contribution in [0.1, 0.15) is 31.2 Å². The van der Waals surface area contributed by atoms with Gasteiger partial charge in [0.2, 0.25) is 0 Å². The summed E-state index contributed by atoms with van der Waals surface area (Å²) in [5, 5.41) is 0. The Morgan fingerprint density at radius 2 is 2.10 bits per heavy atom. The second-order valence-corrected chi connectivity index (χ2v) is 5.12. The van der Waals surface area contributed by atoms with Crippen molar-refractivity contribution in [2.75, 3.05) is 7.11 Å². The second kappa shape index (κ2) is 7.04. The van der Waals surface area contributed by atoms with E-state index in [0.29, 0.717) is 12.8 Å². The molecule has 1 aromatic carbocycles. The van der Waals surface area contributed by atoms with Gasteiger partial charge in [0, 0.05) is 6.42 Å². The summed E-state index contributed by atoms with van der Waals surface area (Å²) >= 11 is 0. The molecule has 1 atom stereocenters. The standard InChI is InChI=1S/C17H20O3/c1-20-17(19)12-14-10-11-16(18)15(14)9-5-8-13-6-3-2-4-7-13/h2-4,6-7,9,14H,5,8,10-12H2,1H3/b15-9-. The fourth-order valence-corrected chi connectivity index (χ4v) is 2.65. The van der Waals surface area contributed by atoms with Gasteiger partial charge in [-0.1, -0.05) is 36.4 Å². The Labute approximate surface area is 119 Å². The lowest BCUT2D eigenvalue weighted by Gasteiger charge is -2.09. The predicted octanol–water partition coefficient (Wildman–Crippen LogP) is 3.09. The maximum Gasteiger partial charge on any atom is 0.306 e. The number of carbonyl (C=O) groups excluding carboxylic acids is 2. The maximum absolute atomic E-state index is 11.9. The van der Waals surface area contributed by atoms with Crippen LogP contribution in [0.15, 0.2) is 42.0 Å². The molecule has 0 N–H and O–H groups in total. The van der Waals surface area contributed by atoms with E-state index in [9.17, 15) is 9.59 Å². The summed E-state index contributed by atoms with van der Waals surface area (Å²) < 4.78 is 4.69. The molecule has 0 heterocycles. The molecule has 106 valence electrons. The maximum atomic E-state index is 11.9. The van der Waals surface area contributed by atoms with Crippen molar-refractivity contribution in [2.24, 2.45) is 5.92 Å². The molecule has 0 bridgehead atoms. The first-order chi connectivity index (χ1) is 9.70. The van der Waals surface area contributed by atoms with Gasteiger partial charge in [-0.15, -0.1) is 0 Å². The Balaban J connectivity index is 1.95. The van der Waals surface area contributed by atoms with E-state index < -0.39 is 0 Å². The monoisotopic (exact) mass is 272 g/mol. The summed E-state index contributed by atoms with van der Waals surface area (Å²) in [5.74, 6) is -0.00338. The Bertz CT molecular complexity index is 502. The highest BCUT2D eigenvalue weighted by Gasteiger charge is 2.29. The van der Waals surface area contributed by atoms with Crippen LogP contribution >= 0.6 is 0 Å². The number of rotatable bonds is 5. The number of aryl methyl sites for hydroxylation is 1. The number of benzene rings is 1. The minimum Gasteiger partial charge on any atom is -0.469 e. The second-order valence-electron chi connectivity index (χ2n) is 5.12. The fraction of sp³-hybridized carbons (Fsp3) is 0.412. The van der Waals surface area contributed by atoms with Crippen LogP contribution in [0.2, 0.25) is 0 Å². The van der Waals surface area contributed by atoms with Gasteiger partial charge < -0.3 is 4.74 Å². The Morgan fingerprint density at radius 1 is 1.35 bits per heavy atom. The van der Waals surface area contributed by atoms with Crippen LogP contribution in [0.5, 0.6) is 0 Å². The minimum atomic E-state index is -0.237. The minimum absolute atomic E-state index is 0.0470. The topological polar surface area (TPSA) is 43.4 Å². The summed E-state index contributed by atoms with van der Waals surface area (Å²) in [6.45, 7) is 0. The van der Waals surface area contributed by atoms with E-state index in [0.717, 1.165) is 24.8 Å². The molecule has 3 heteroatoms. The van der Waals surface area contributed by atoms with Crippen LogP contribution in [0, 0.1) is 5.92 Å². The van der Waals surface area contributed by atoms with Gasteiger partial charge in [-0.25, -0.2) is 0 Å². The van der Waals surface area contributed by atoms with Crippen LogP contribution in [0.3, 0.4) is 0 Å². The fourth-order valence-electron chi connectivity index (χ4n) is 2.65. The smallest absolute Gasteiger partial charge is 0.306 e. The van der Waals surface area contributed by atoms with Crippen LogP contribution in [-0.2, 0) is 20.7 Å². The molecular formula is C17H20O3. The zero-order chi connectivity index (χ0) is 14.4. The summed E-state index contributed by atoms with van der Waals surface area (Å²) in [6, 6.07) is 10.2. The molecule has 1 fully saturated rings. The lowest BCUT2D eigenvalue weighted by Crippen LogP contribution is -2.10. The van der Waals surface area contributed by atoms with E-state index in [-0.39, 0.29) is 17.7 Å². The van der Waals surface area contributed by atoms with Gasteiger partial charge in [0.15, 0.2) is 5.78 Å². The number of esters is 1. The predicted molar refractivity (Wildman–Crippen MR) is 77.2 cm³/mol. The normalized spacial score (nSPS) is 20.4. The van der Waals surface area contributed by atoms with E-state index in [1.165, 1.54) is 12.7 Å². The molecule has 0 aromatic heterocycles. The molecule has 20 heavy (non-hydrogen) atoms. The van der Waals surface area contributed by atoms with E-state index in [1.807, 2.05) is 24.3 Å². The van der Waals surface area contributed by atoms with Gasteiger partial charge in [-0.3, -0.25) is 9.59 Å². The van der Waals surface area contributed by atoms with Gasteiger partial charge in [-0.2, -0.15) is 0 Å². The number of carbonyl (C=O) groups is 2. The zero-order valence-electron chi connectivity index (χ0n) is 11.8. The van der Waals surface area contributed by atoms with Crippen LogP contribution in [0.4, 0.5) is 0 Å². The van der Waals surface area contributed by atoms with Crippen molar-refractivity contribution in [1.29, 1.82) is 0 Å². The number of Topliss-reactive ketones (excluding diaryl/α,β-unsaturated/α-hetero) is 1. The molecule has 0 amide bonds. The van der Waals surface area contributed by atoms with Crippen LogP contribution in [-0.4, -0.2) is 18.9 Å². The third-order valence-corrected chi connectivity index (χ3v) is 3.76. The molecule has 2 rings (SSSR count). The van der Waals surface area contributed by atoms with Crippen molar-refractivity contribution in [3.63, 3.8) is 0 Å². The highest BCUT2D eigenvalue weighted by Crippen LogP contribution is 2.31. The molecule has 1 unspecified atom stereocenters. The summed E-state index contributed by atoms with van der Waals surface area (Å²) in [5.41, 5.74) is 2.09. The van der Waals surface area contributed by atoms with Gasteiger partial charge in [-0.05, 0) is 36.3 Å². The lowest BCUT2D eigenvalue weighted by molar-refractivity contribution is -0.141. The Kier molecular flexibility index (Phi) is 5.10. The summed E-state index contributed by atoms with van der Waals surface area (Å²) in [7, 11) is 1.39. The van der Waals surface area contributed by atoms with Gasteiger partial charge in [0.25, 0.3) is 0 Å². The van der Waals surface area contributed by atoms with Crippen LogP contribution in [0.25, 0.3) is 0 Å². The molecule has 0 radical (unpaired) electrons. The summed E-state index contributed by atoms with van der Waals surface area (Å²) in [6.07, 6.45) is 5.41. The lowest BCUT2D eigenvalue weighted by atomic mass is 9.97. The van der Waals surface area contributed by atoms with E-state index in [2.05, 4.69) is 12.1 Å². The number of ketones is 1. The van der Waals surface area contributed by atoms with Crippen molar-refractivity contribution in [2.45, 2.75) is 32.1 Å². The van der Waals surface area contributed by atoms with E-state index in [1.54, 1.807) is 0 Å². The first-order valence-corrected chi connectivity index (χ1v) is 7.04. The molecule has 1 aromatic rings. The molecule has 1 aliphatic carbocycles. The molecule has 0 aliphatic heterocycles. The highest BCUT2D eigenvalue weighted by molar-refractivity contribution is 5.98. The van der Waals surface area contributed by atoms with Crippen molar-refractivity contribution >= 4 is 11.8 Å².